The normalized spacial score (nSPS) is 10.0. The predicted octanol–water partition coefficient (Wildman–Crippen LogP) is 1.84. The Morgan fingerprint density at radius 1 is 1.12 bits per heavy atom. The molecule has 4 N–H and O–H groups in total. The van der Waals surface area contributed by atoms with Gasteiger partial charge in [-0.25, -0.2) is 0 Å². The summed E-state index contributed by atoms with van der Waals surface area (Å²) in [5, 5.41) is 10.0. The molecule has 0 aliphatic carbocycles. The first-order chi connectivity index (χ1) is 12.5. The summed E-state index contributed by atoms with van der Waals surface area (Å²) in [5.41, 5.74) is 7.36. The summed E-state index contributed by atoms with van der Waals surface area (Å²) in [6.07, 6.45) is 0.126. The van der Waals surface area contributed by atoms with Crippen LogP contribution in [0.25, 0.3) is 0 Å². The highest BCUT2D eigenvalue weighted by Gasteiger charge is 2.08. The van der Waals surface area contributed by atoms with E-state index < -0.39 is 0 Å². The number of nitrogen functional groups attached to an aromatic ring is 1. The summed E-state index contributed by atoms with van der Waals surface area (Å²) in [7, 11) is 1.31. The number of methoxy groups -OCH3 is 1. The largest absolute Gasteiger partial charge is 0.489 e. The lowest BCUT2D eigenvalue weighted by Gasteiger charge is -2.09. The molecule has 7 nitrogen and oxygen atoms in total. The summed E-state index contributed by atoms with van der Waals surface area (Å²) in [4.78, 5) is 23.2. The third-order valence-corrected chi connectivity index (χ3v) is 3.60. The number of carbonyl (C=O) groups is 2. The number of rotatable bonds is 8. The molecule has 0 fully saturated rings. The minimum atomic E-state index is -0.372. The number of carbonyl (C=O) groups excluding carboxylic acids is 2. The second-order valence-electron chi connectivity index (χ2n) is 5.51. The van der Waals surface area contributed by atoms with Crippen LogP contribution in [0, 0.1) is 5.41 Å². The van der Waals surface area contributed by atoms with Crippen LogP contribution >= 0.6 is 0 Å². The Morgan fingerprint density at radius 3 is 2.50 bits per heavy atom. The molecule has 7 heteroatoms. The Morgan fingerprint density at radius 2 is 1.85 bits per heavy atom. The lowest BCUT2D eigenvalue weighted by Crippen LogP contribution is -2.26. The first-order valence-electron chi connectivity index (χ1n) is 8.01. The van der Waals surface area contributed by atoms with Crippen LogP contribution in [0.3, 0.4) is 0 Å². The molecule has 2 aromatic rings. The third kappa shape index (κ3) is 5.62. The van der Waals surface area contributed by atoms with Crippen molar-refractivity contribution in [1.29, 1.82) is 5.41 Å². The lowest BCUT2D eigenvalue weighted by molar-refractivity contribution is -0.140. The molecule has 0 saturated heterocycles. The fourth-order valence-electron chi connectivity index (χ4n) is 2.18. The molecule has 0 bridgehead atoms. The van der Waals surface area contributed by atoms with Crippen molar-refractivity contribution in [2.75, 3.05) is 13.7 Å². The van der Waals surface area contributed by atoms with Gasteiger partial charge in [0.05, 0.1) is 13.5 Å². The van der Waals surface area contributed by atoms with Gasteiger partial charge in [0.25, 0.3) is 5.91 Å². The van der Waals surface area contributed by atoms with E-state index in [1.807, 2.05) is 6.07 Å². The predicted molar refractivity (Wildman–Crippen MR) is 97.2 cm³/mol. The van der Waals surface area contributed by atoms with Crippen molar-refractivity contribution in [1.82, 2.24) is 5.32 Å². The van der Waals surface area contributed by atoms with Gasteiger partial charge in [0.1, 0.15) is 18.2 Å². The molecule has 26 heavy (non-hydrogen) atoms. The van der Waals surface area contributed by atoms with Crippen molar-refractivity contribution in [2.45, 2.75) is 13.0 Å². The highest BCUT2D eigenvalue weighted by molar-refractivity contribution is 5.95. The number of amidine groups is 1. The molecule has 2 aromatic carbocycles. The van der Waals surface area contributed by atoms with Gasteiger partial charge >= 0.3 is 5.97 Å². The minimum Gasteiger partial charge on any atom is -0.489 e. The van der Waals surface area contributed by atoms with E-state index in [1.54, 1.807) is 42.5 Å². The van der Waals surface area contributed by atoms with Crippen LogP contribution in [0.1, 0.15) is 27.9 Å². The highest BCUT2D eigenvalue weighted by Crippen LogP contribution is 2.15. The number of benzene rings is 2. The summed E-state index contributed by atoms with van der Waals surface area (Å²) < 4.78 is 10.2. The molecule has 0 spiro atoms. The van der Waals surface area contributed by atoms with E-state index in [9.17, 15) is 9.59 Å². The van der Waals surface area contributed by atoms with Crippen LogP contribution in [0.15, 0.2) is 48.5 Å². The van der Waals surface area contributed by atoms with E-state index >= 15 is 0 Å². The average Bonchev–Trinajstić information content (AvgIpc) is 2.66. The van der Waals surface area contributed by atoms with Crippen molar-refractivity contribution >= 4 is 17.7 Å². The van der Waals surface area contributed by atoms with Crippen molar-refractivity contribution < 1.29 is 19.1 Å². The Bertz CT molecular complexity index is 788. The molecule has 0 saturated carbocycles. The standard InChI is InChI=1S/C19H21N3O4/c1-25-17(23)9-10-22-19(24)15-4-2-3-13(11-15)12-26-16-7-5-14(6-8-16)18(20)21/h2-8,11H,9-10,12H2,1H3,(H3,20,21)(H,22,24). The summed E-state index contributed by atoms with van der Waals surface area (Å²) >= 11 is 0. The molecule has 0 aromatic heterocycles. The van der Waals surface area contributed by atoms with E-state index in [0.29, 0.717) is 23.5 Å². The molecule has 0 heterocycles. The monoisotopic (exact) mass is 355 g/mol. The Labute approximate surface area is 151 Å². The third-order valence-electron chi connectivity index (χ3n) is 3.60. The second kappa shape index (κ2) is 9.22. The van der Waals surface area contributed by atoms with Gasteiger partial charge in [-0.3, -0.25) is 15.0 Å². The van der Waals surface area contributed by atoms with Crippen LogP contribution in [0.5, 0.6) is 5.75 Å². The average molecular weight is 355 g/mol. The van der Waals surface area contributed by atoms with E-state index in [-0.39, 0.29) is 30.7 Å². The smallest absolute Gasteiger partial charge is 0.307 e. The molecular formula is C19H21N3O4. The molecule has 0 unspecified atom stereocenters. The Hall–Kier alpha value is -3.35. The molecule has 0 aliphatic rings. The van der Waals surface area contributed by atoms with E-state index in [4.69, 9.17) is 15.9 Å². The first-order valence-corrected chi connectivity index (χ1v) is 8.01. The van der Waals surface area contributed by atoms with E-state index in [0.717, 1.165) is 5.56 Å². The number of nitrogens with one attached hydrogen (secondary N) is 2. The fourth-order valence-corrected chi connectivity index (χ4v) is 2.18. The zero-order chi connectivity index (χ0) is 18.9. The van der Waals surface area contributed by atoms with Gasteiger partial charge in [-0.1, -0.05) is 12.1 Å². The topological polar surface area (TPSA) is 114 Å². The van der Waals surface area contributed by atoms with Gasteiger partial charge in [-0.15, -0.1) is 0 Å². The maximum atomic E-state index is 12.1. The molecule has 0 atom stereocenters. The first kappa shape index (κ1) is 19.0. The number of hydrogen-bond donors (Lipinski definition) is 3. The SMILES string of the molecule is COC(=O)CCNC(=O)c1cccc(COc2ccc(C(=N)N)cc2)c1. The van der Waals surface area contributed by atoms with Crippen molar-refractivity contribution in [3.63, 3.8) is 0 Å². The summed E-state index contributed by atoms with van der Waals surface area (Å²) in [6.45, 7) is 0.511. The van der Waals surface area contributed by atoms with Crippen LogP contribution in [-0.2, 0) is 16.1 Å². The van der Waals surface area contributed by atoms with Gasteiger partial charge in [0.15, 0.2) is 0 Å². The van der Waals surface area contributed by atoms with Gasteiger partial charge in [-0.05, 0) is 42.0 Å². The highest BCUT2D eigenvalue weighted by atomic mass is 16.5. The van der Waals surface area contributed by atoms with E-state index in [1.165, 1.54) is 7.11 Å². The summed E-state index contributed by atoms with van der Waals surface area (Å²) in [6, 6.07) is 13.9. The molecule has 136 valence electrons. The molecule has 1 amide bonds. The maximum Gasteiger partial charge on any atom is 0.307 e. The van der Waals surface area contributed by atoms with Gasteiger partial charge < -0.3 is 20.5 Å². The van der Waals surface area contributed by atoms with Gasteiger partial charge in [0, 0.05) is 17.7 Å². The maximum absolute atomic E-state index is 12.1. The number of ether oxygens (including phenoxy) is 2. The van der Waals surface area contributed by atoms with Crippen molar-refractivity contribution in [2.24, 2.45) is 5.73 Å². The van der Waals surface area contributed by atoms with Crippen LogP contribution in [0.2, 0.25) is 0 Å². The molecular weight excluding hydrogens is 334 g/mol. The van der Waals surface area contributed by atoms with Crippen LogP contribution < -0.4 is 15.8 Å². The Balaban J connectivity index is 1.90. The lowest BCUT2D eigenvalue weighted by atomic mass is 10.1. The Kier molecular flexibility index (Phi) is 6.73. The zero-order valence-corrected chi connectivity index (χ0v) is 14.5. The number of amides is 1. The second-order valence-corrected chi connectivity index (χ2v) is 5.51. The minimum absolute atomic E-state index is 0.00228. The zero-order valence-electron chi connectivity index (χ0n) is 14.5. The number of hydrogen-bond acceptors (Lipinski definition) is 5. The van der Waals surface area contributed by atoms with Gasteiger partial charge in [-0.2, -0.15) is 0 Å². The molecule has 0 radical (unpaired) electrons. The molecule has 0 aliphatic heterocycles. The van der Waals surface area contributed by atoms with E-state index in [2.05, 4.69) is 10.1 Å². The number of esters is 1. The van der Waals surface area contributed by atoms with Gasteiger partial charge in [0.2, 0.25) is 0 Å². The quantitative estimate of drug-likeness (QED) is 0.380. The van der Waals surface area contributed by atoms with Crippen LogP contribution in [-0.4, -0.2) is 31.4 Å². The number of nitrogens with two attached hydrogens (primary N) is 1. The summed E-state index contributed by atoms with van der Waals surface area (Å²) in [5.74, 6) is 0.00945. The fraction of sp³-hybridized carbons (Fsp3) is 0.211. The molecule has 2 rings (SSSR count). The van der Waals surface area contributed by atoms with Crippen LogP contribution in [0.4, 0.5) is 0 Å². The van der Waals surface area contributed by atoms with Crippen molar-refractivity contribution in [3.05, 3.63) is 65.2 Å². The van der Waals surface area contributed by atoms with Crippen molar-refractivity contribution in [3.8, 4) is 5.75 Å².